The van der Waals surface area contributed by atoms with E-state index >= 15 is 0 Å². The van der Waals surface area contributed by atoms with Crippen LogP contribution in [0, 0.1) is 0 Å². The Morgan fingerprint density at radius 1 is 0.593 bits per heavy atom. The van der Waals surface area contributed by atoms with Crippen molar-refractivity contribution in [2.75, 3.05) is 0 Å². The molecule has 3 aromatic rings. The van der Waals surface area contributed by atoms with Crippen molar-refractivity contribution in [3.05, 3.63) is 102 Å². The Morgan fingerprint density at radius 2 is 1.07 bits per heavy atom. The van der Waals surface area contributed by atoms with E-state index in [1.807, 2.05) is 24.8 Å². The van der Waals surface area contributed by atoms with Gasteiger partial charge in [0.15, 0.2) is 0 Å². The highest BCUT2D eigenvalue weighted by Crippen LogP contribution is 2.69. The van der Waals surface area contributed by atoms with Gasteiger partial charge in [0.25, 0.3) is 0 Å². The van der Waals surface area contributed by atoms with Crippen LogP contribution < -0.4 is 5.30 Å². The van der Waals surface area contributed by atoms with E-state index in [4.69, 9.17) is 0 Å². The average Bonchev–Trinajstić information content (AvgIpc) is 3.11. The van der Waals surface area contributed by atoms with Gasteiger partial charge in [-0.1, -0.05) is 18.2 Å². The van der Waals surface area contributed by atoms with E-state index in [1.54, 1.807) is 21.8 Å². The van der Waals surface area contributed by atoms with Gasteiger partial charge in [-0.25, -0.2) is 0 Å². The molecule has 2 aliphatic rings. The van der Waals surface area contributed by atoms with Crippen molar-refractivity contribution in [2.24, 2.45) is 0 Å². The molecule has 0 bridgehead atoms. The molecule has 3 heteroatoms. The molecule has 0 unspecified atom stereocenters. The van der Waals surface area contributed by atoms with Crippen LogP contribution in [0.25, 0.3) is 10.6 Å². The van der Waals surface area contributed by atoms with E-state index < -0.39 is 7.92 Å². The van der Waals surface area contributed by atoms with E-state index in [0.717, 1.165) is 0 Å². The van der Waals surface area contributed by atoms with Crippen molar-refractivity contribution in [1.82, 2.24) is 9.97 Å². The Kier molecular flexibility index (Phi) is 4.43. The Hall–Kier alpha value is -2.57. The summed E-state index contributed by atoms with van der Waals surface area (Å²) in [7, 11) is -1.05. The van der Waals surface area contributed by atoms with Crippen LogP contribution in [0.3, 0.4) is 0 Å². The molecular formula is C24H22N2P+. The number of allylic oxidation sites excluding steroid dienone is 2. The summed E-state index contributed by atoms with van der Waals surface area (Å²) >= 11 is 0. The lowest BCUT2D eigenvalue weighted by Crippen LogP contribution is -2.02. The molecule has 0 amide bonds. The summed E-state index contributed by atoms with van der Waals surface area (Å²) in [5, 5.41) is 4.63. The zero-order valence-corrected chi connectivity index (χ0v) is 16.2. The monoisotopic (exact) mass is 369 g/mol. The van der Waals surface area contributed by atoms with E-state index in [2.05, 4.69) is 64.6 Å². The summed E-state index contributed by atoms with van der Waals surface area (Å²) in [6.45, 7) is 0. The maximum absolute atomic E-state index is 4.26. The van der Waals surface area contributed by atoms with Crippen molar-refractivity contribution < 1.29 is 0 Å². The normalized spacial score (nSPS) is 17.3. The quantitative estimate of drug-likeness (QED) is 0.551. The van der Waals surface area contributed by atoms with Crippen LogP contribution in [0.15, 0.2) is 90.5 Å². The first-order valence-corrected chi connectivity index (χ1v) is 11.1. The van der Waals surface area contributed by atoms with Crippen molar-refractivity contribution in [3.63, 3.8) is 0 Å². The first-order valence-electron chi connectivity index (χ1n) is 9.64. The summed E-state index contributed by atoms with van der Waals surface area (Å²) in [6, 6.07) is 19.9. The lowest BCUT2D eigenvalue weighted by molar-refractivity contribution is 0.685. The minimum absolute atomic E-state index is 1.05. The van der Waals surface area contributed by atoms with E-state index in [-0.39, 0.29) is 0 Å². The first-order chi connectivity index (χ1) is 13.4. The standard InChI is InChI=1S/C24H21N2P/c1-2-6-20(7-3-1)27-23(18-10-14-25-15-11-18)21-8-4-5-9-22(21)24(27)19-12-16-26-17-13-19/h1-3,6-7,10-17H,4-5,8-9H2/p+1. The summed E-state index contributed by atoms with van der Waals surface area (Å²) in [5.74, 6) is 0. The molecule has 1 fully saturated rings. The second-order valence-electron chi connectivity index (χ2n) is 7.13. The van der Waals surface area contributed by atoms with Crippen molar-refractivity contribution in [2.45, 2.75) is 25.7 Å². The Bertz CT molecular complexity index is 943. The van der Waals surface area contributed by atoms with Crippen LogP contribution in [-0.4, -0.2) is 9.97 Å². The molecule has 0 saturated heterocycles. The number of hydrogen-bond donors (Lipinski definition) is 0. The van der Waals surface area contributed by atoms with Gasteiger partial charge in [-0.05, 0) is 62.1 Å². The number of benzene rings is 1. The highest BCUT2D eigenvalue weighted by Gasteiger charge is 2.43. The number of hydrogen-bond acceptors (Lipinski definition) is 2. The summed E-state index contributed by atoms with van der Waals surface area (Å²) in [5.41, 5.74) is 5.91. The fourth-order valence-electron chi connectivity index (χ4n) is 4.45. The zero-order chi connectivity index (χ0) is 18.1. The smallest absolute Gasteiger partial charge is 0.113 e. The third-order valence-corrected chi connectivity index (χ3v) is 8.66. The molecule has 0 spiro atoms. The Balaban J connectivity index is 1.78. The molecule has 132 valence electrons. The van der Waals surface area contributed by atoms with Gasteiger partial charge < -0.3 is 0 Å². The molecule has 1 saturated carbocycles. The van der Waals surface area contributed by atoms with E-state index in [9.17, 15) is 0 Å². The molecule has 2 nitrogen and oxygen atoms in total. The molecule has 1 aliphatic heterocycles. The second kappa shape index (κ2) is 7.21. The van der Waals surface area contributed by atoms with Gasteiger partial charge in [-0.2, -0.15) is 0 Å². The van der Waals surface area contributed by atoms with Crippen molar-refractivity contribution in [3.8, 4) is 0 Å². The predicted molar refractivity (Wildman–Crippen MR) is 115 cm³/mol. The Morgan fingerprint density at radius 3 is 1.56 bits per heavy atom. The third kappa shape index (κ3) is 2.95. The highest BCUT2D eigenvalue weighted by atomic mass is 31.1. The topological polar surface area (TPSA) is 25.8 Å². The summed E-state index contributed by atoms with van der Waals surface area (Å²) in [4.78, 5) is 8.53. The van der Waals surface area contributed by atoms with Crippen LogP contribution in [0.2, 0.25) is 0 Å². The van der Waals surface area contributed by atoms with Gasteiger partial charge in [0, 0.05) is 47.1 Å². The molecule has 3 heterocycles. The van der Waals surface area contributed by atoms with Gasteiger partial charge in [0.2, 0.25) is 0 Å². The number of aromatic nitrogens is 2. The fraction of sp³-hybridized carbons (Fsp3) is 0.167. The van der Waals surface area contributed by atoms with Gasteiger partial charge in [-0.3, -0.25) is 9.97 Å². The van der Waals surface area contributed by atoms with E-state index in [1.165, 1.54) is 42.1 Å². The largest absolute Gasteiger partial charge is 0.265 e. The SMILES string of the molecule is c1ccc([PH+]2C(c3ccncc3)=C3CCCCC3=C2c2ccncc2)cc1. The third-order valence-electron chi connectivity index (χ3n) is 5.57. The lowest BCUT2D eigenvalue weighted by Gasteiger charge is -2.15. The molecular weight excluding hydrogens is 347 g/mol. The first kappa shape index (κ1) is 16.6. The number of pyridine rings is 2. The van der Waals surface area contributed by atoms with Gasteiger partial charge in [0.1, 0.15) is 23.9 Å². The number of rotatable bonds is 3. The van der Waals surface area contributed by atoms with Gasteiger partial charge in [0.05, 0.1) is 0 Å². The fourth-order valence-corrected chi connectivity index (χ4v) is 7.87. The lowest BCUT2D eigenvalue weighted by atomic mass is 9.87. The van der Waals surface area contributed by atoms with Crippen LogP contribution >= 0.6 is 7.92 Å². The molecule has 0 N–H and O–H groups in total. The zero-order valence-electron chi connectivity index (χ0n) is 15.2. The summed E-state index contributed by atoms with van der Waals surface area (Å²) in [6.07, 6.45) is 12.7. The molecule has 0 radical (unpaired) electrons. The summed E-state index contributed by atoms with van der Waals surface area (Å²) < 4.78 is 0. The van der Waals surface area contributed by atoms with Crippen LogP contribution in [0.4, 0.5) is 0 Å². The van der Waals surface area contributed by atoms with Gasteiger partial charge >= 0.3 is 0 Å². The molecule has 2 aromatic heterocycles. The molecule has 1 aliphatic carbocycles. The van der Waals surface area contributed by atoms with Crippen molar-refractivity contribution >= 4 is 23.9 Å². The predicted octanol–water partition coefficient (Wildman–Crippen LogP) is 5.73. The van der Waals surface area contributed by atoms with Crippen LogP contribution in [0.5, 0.6) is 0 Å². The number of fused-ring (bicyclic) bond motifs is 1. The highest BCUT2D eigenvalue weighted by molar-refractivity contribution is 7.85. The minimum atomic E-state index is -1.05. The number of nitrogens with zero attached hydrogens (tertiary/aromatic N) is 2. The van der Waals surface area contributed by atoms with Gasteiger partial charge in [-0.15, -0.1) is 0 Å². The van der Waals surface area contributed by atoms with Crippen molar-refractivity contribution in [1.29, 1.82) is 0 Å². The molecule has 0 atom stereocenters. The minimum Gasteiger partial charge on any atom is -0.265 e. The maximum Gasteiger partial charge on any atom is 0.113 e. The van der Waals surface area contributed by atoms with Crippen LogP contribution in [0.1, 0.15) is 36.8 Å². The molecule has 1 aromatic carbocycles. The van der Waals surface area contributed by atoms with Crippen LogP contribution in [-0.2, 0) is 0 Å². The Labute approximate surface area is 161 Å². The molecule has 27 heavy (non-hydrogen) atoms. The van der Waals surface area contributed by atoms with E-state index in [0.29, 0.717) is 0 Å². The second-order valence-corrected chi connectivity index (χ2v) is 9.45. The average molecular weight is 369 g/mol. The molecule has 5 rings (SSSR count). The maximum atomic E-state index is 4.26.